The second-order valence-electron chi connectivity index (χ2n) is 5.09. The molecule has 0 saturated carbocycles. The summed E-state index contributed by atoms with van der Waals surface area (Å²) in [7, 11) is 2.11. The van der Waals surface area contributed by atoms with Crippen molar-refractivity contribution >= 4 is 0 Å². The van der Waals surface area contributed by atoms with Crippen molar-refractivity contribution in [2.75, 3.05) is 0 Å². The minimum Gasteiger partial charge on any atom is -0.200 e. The van der Waals surface area contributed by atoms with Gasteiger partial charge in [0.25, 0.3) is 0 Å². The van der Waals surface area contributed by atoms with Crippen LogP contribution in [0.4, 0.5) is 0 Å². The molecular weight excluding hydrogens is 242 g/mol. The van der Waals surface area contributed by atoms with E-state index in [1.165, 1.54) is 27.9 Å². The number of rotatable bonds is 2. The smallest absolute Gasteiger partial charge is 0.200 e. The minimum atomic E-state index is 1.24. The first-order valence-corrected chi connectivity index (χ1v) is 6.87. The fourth-order valence-corrected chi connectivity index (χ4v) is 2.55. The summed E-state index contributed by atoms with van der Waals surface area (Å²) in [4.78, 5) is 0. The average Bonchev–Trinajstić information content (AvgIpc) is 2.49. The average molecular weight is 260 g/mol. The van der Waals surface area contributed by atoms with Crippen LogP contribution in [-0.2, 0) is 7.05 Å². The van der Waals surface area contributed by atoms with Gasteiger partial charge in [-0.15, -0.1) is 0 Å². The molecule has 0 unspecified atom stereocenters. The lowest BCUT2D eigenvalue weighted by Crippen LogP contribution is -2.30. The maximum atomic E-state index is 2.20. The van der Waals surface area contributed by atoms with Crippen molar-refractivity contribution in [2.24, 2.45) is 7.05 Å². The Bertz CT molecular complexity index is 730. The SMILES string of the molecule is Cc1ccccc1-c1ccc(-c2ccccc2)c[n+]1C. The first-order chi connectivity index (χ1) is 9.75. The summed E-state index contributed by atoms with van der Waals surface area (Å²) in [5, 5.41) is 0. The van der Waals surface area contributed by atoms with E-state index in [0.29, 0.717) is 0 Å². The zero-order chi connectivity index (χ0) is 13.9. The van der Waals surface area contributed by atoms with Gasteiger partial charge in [-0.25, -0.2) is 4.57 Å². The Kier molecular flexibility index (Phi) is 3.34. The van der Waals surface area contributed by atoms with Crippen LogP contribution in [0.2, 0.25) is 0 Å². The predicted molar refractivity (Wildman–Crippen MR) is 83.2 cm³/mol. The van der Waals surface area contributed by atoms with Crippen molar-refractivity contribution < 1.29 is 4.57 Å². The number of benzene rings is 2. The normalized spacial score (nSPS) is 10.5. The summed E-state index contributed by atoms with van der Waals surface area (Å²) < 4.78 is 2.20. The van der Waals surface area contributed by atoms with E-state index in [1.807, 2.05) is 6.07 Å². The Labute approximate surface area is 120 Å². The molecule has 1 heterocycles. The molecule has 1 nitrogen and oxygen atoms in total. The zero-order valence-electron chi connectivity index (χ0n) is 11.9. The zero-order valence-corrected chi connectivity index (χ0v) is 11.9. The van der Waals surface area contributed by atoms with Crippen molar-refractivity contribution in [1.29, 1.82) is 0 Å². The Morgan fingerprint density at radius 2 is 1.40 bits per heavy atom. The quantitative estimate of drug-likeness (QED) is 0.609. The molecule has 20 heavy (non-hydrogen) atoms. The second-order valence-corrected chi connectivity index (χ2v) is 5.09. The fraction of sp³-hybridized carbons (Fsp3) is 0.105. The molecule has 0 spiro atoms. The molecule has 0 fully saturated rings. The Morgan fingerprint density at radius 3 is 2.10 bits per heavy atom. The molecule has 0 aliphatic heterocycles. The van der Waals surface area contributed by atoms with Gasteiger partial charge in [0, 0.05) is 17.2 Å². The van der Waals surface area contributed by atoms with Gasteiger partial charge in [-0.3, -0.25) is 0 Å². The Balaban J connectivity index is 2.07. The van der Waals surface area contributed by atoms with Crippen LogP contribution in [0.3, 0.4) is 0 Å². The van der Waals surface area contributed by atoms with Crippen LogP contribution in [-0.4, -0.2) is 0 Å². The van der Waals surface area contributed by atoms with Crippen LogP contribution in [0.15, 0.2) is 72.9 Å². The van der Waals surface area contributed by atoms with Crippen LogP contribution < -0.4 is 4.57 Å². The lowest BCUT2D eigenvalue weighted by Gasteiger charge is -2.06. The van der Waals surface area contributed by atoms with Gasteiger partial charge < -0.3 is 0 Å². The van der Waals surface area contributed by atoms with E-state index in [-0.39, 0.29) is 0 Å². The monoisotopic (exact) mass is 260 g/mol. The molecule has 98 valence electrons. The Morgan fingerprint density at radius 1 is 0.700 bits per heavy atom. The number of hydrogen-bond donors (Lipinski definition) is 0. The number of hydrogen-bond acceptors (Lipinski definition) is 0. The summed E-state index contributed by atoms with van der Waals surface area (Å²) in [6.45, 7) is 2.15. The molecule has 2 aromatic carbocycles. The second kappa shape index (κ2) is 5.30. The van der Waals surface area contributed by atoms with Gasteiger partial charge in [-0.2, -0.15) is 0 Å². The summed E-state index contributed by atoms with van der Waals surface area (Å²) in [6.07, 6.45) is 2.19. The maximum absolute atomic E-state index is 2.20. The highest BCUT2D eigenvalue weighted by atomic mass is 14.9. The number of pyridine rings is 1. The molecule has 0 N–H and O–H groups in total. The van der Waals surface area contributed by atoms with Crippen molar-refractivity contribution in [3.63, 3.8) is 0 Å². The van der Waals surface area contributed by atoms with Crippen molar-refractivity contribution in [3.05, 3.63) is 78.5 Å². The van der Waals surface area contributed by atoms with Gasteiger partial charge in [-0.1, -0.05) is 48.5 Å². The van der Waals surface area contributed by atoms with E-state index < -0.39 is 0 Å². The Hall–Kier alpha value is -2.41. The molecule has 0 aliphatic carbocycles. The van der Waals surface area contributed by atoms with Crippen LogP contribution in [0.25, 0.3) is 22.4 Å². The van der Waals surface area contributed by atoms with Gasteiger partial charge in [0.05, 0.1) is 0 Å². The van der Waals surface area contributed by atoms with Crippen LogP contribution in [0.5, 0.6) is 0 Å². The summed E-state index contributed by atoms with van der Waals surface area (Å²) >= 11 is 0. The number of nitrogens with zero attached hydrogens (tertiary/aromatic N) is 1. The summed E-state index contributed by atoms with van der Waals surface area (Å²) in [5.74, 6) is 0. The molecule has 0 bridgehead atoms. The molecule has 0 atom stereocenters. The van der Waals surface area contributed by atoms with Crippen LogP contribution in [0.1, 0.15) is 5.56 Å². The standard InChI is InChI=1S/C19H18N/c1-15-8-6-7-11-18(15)19-13-12-17(14-20(19)2)16-9-4-3-5-10-16/h3-14H,1-2H3/q+1. The predicted octanol–water partition coefficient (Wildman–Crippen LogP) is 4.15. The highest BCUT2D eigenvalue weighted by Crippen LogP contribution is 2.23. The molecule has 0 aliphatic rings. The van der Waals surface area contributed by atoms with Gasteiger partial charge >= 0.3 is 0 Å². The first kappa shape index (κ1) is 12.6. The van der Waals surface area contributed by atoms with Crippen LogP contribution in [0, 0.1) is 6.92 Å². The highest BCUT2D eigenvalue weighted by Gasteiger charge is 2.12. The molecular formula is C19H18N+. The van der Waals surface area contributed by atoms with Crippen molar-refractivity contribution in [3.8, 4) is 22.4 Å². The van der Waals surface area contributed by atoms with Crippen molar-refractivity contribution in [1.82, 2.24) is 0 Å². The highest BCUT2D eigenvalue weighted by molar-refractivity contribution is 5.65. The fourth-order valence-electron chi connectivity index (χ4n) is 2.55. The lowest BCUT2D eigenvalue weighted by molar-refractivity contribution is -0.659. The van der Waals surface area contributed by atoms with E-state index in [0.717, 1.165) is 0 Å². The number of aromatic nitrogens is 1. The van der Waals surface area contributed by atoms with E-state index in [2.05, 4.69) is 85.4 Å². The van der Waals surface area contributed by atoms with E-state index >= 15 is 0 Å². The minimum absolute atomic E-state index is 1.24. The summed E-state index contributed by atoms with van der Waals surface area (Å²) in [6, 6.07) is 23.4. The van der Waals surface area contributed by atoms with Crippen LogP contribution >= 0.6 is 0 Å². The first-order valence-electron chi connectivity index (χ1n) is 6.87. The summed E-state index contributed by atoms with van der Waals surface area (Å²) in [5.41, 5.74) is 6.32. The maximum Gasteiger partial charge on any atom is 0.212 e. The lowest BCUT2D eigenvalue weighted by atomic mass is 10.0. The third-order valence-electron chi connectivity index (χ3n) is 3.66. The largest absolute Gasteiger partial charge is 0.212 e. The van der Waals surface area contributed by atoms with E-state index in [4.69, 9.17) is 0 Å². The van der Waals surface area contributed by atoms with Crippen molar-refractivity contribution in [2.45, 2.75) is 6.92 Å². The molecule has 3 aromatic rings. The molecule has 0 amide bonds. The molecule has 1 aromatic heterocycles. The molecule has 3 rings (SSSR count). The van der Waals surface area contributed by atoms with E-state index in [1.54, 1.807) is 0 Å². The van der Waals surface area contributed by atoms with Gasteiger partial charge in [0.1, 0.15) is 7.05 Å². The molecule has 0 radical (unpaired) electrons. The molecule has 0 saturated heterocycles. The van der Waals surface area contributed by atoms with Gasteiger partial charge in [0.2, 0.25) is 5.69 Å². The van der Waals surface area contributed by atoms with Gasteiger partial charge in [-0.05, 0) is 30.2 Å². The third kappa shape index (κ3) is 2.35. The third-order valence-corrected chi connectivity index (χ3v) is 3.66. The topological polar surface area (TPSA) is 3.88 Å². The van der Waals surface area contributed by atoms with Gasteiger partial charge in [0.15, 0.2) is 6.20 Å². The van der Waals surface area contributed by atoms with E-state index in [9.17, 15) is 0 Å². The number of aryl methyl sites for hydroxylation is 2. The molecule has 1 heteroatoms.